The summed E-state index contributed by atoms with van der Waals surface area (Å²) in [4.78, 5) is 12.6. The fourth-order valence-electron chi connectivity index (χ4n) is 2.75. The van der Waals surface area contributed by atoms with E-state index in [9.17, 15) is 4.79 Å². The van der Waals surface area contributed by atoms with Gasteiger partial charge >= 0.3 is 0 Å². The van der Waals surface area contributed by atoms with Gasteiger partial charge in [-0.15, -0.1) is 0 Å². The van der Waals surface area contributed by atoms with Gasteiger partial charge in [0.2, 0.25) is 0 Å². The van der Waals surface area contributed by atoms with Crippen LogP contribution in [0.3, 0.4) is 0 Å². The molecular formula is C18H15N3O3. The van der Waals surface area contributed by atoms with Crippen LogP contribution in [0, 0.1) is 6.92 Å². The Morgan fingerprint density at radius 1 is 1.25 bits per heavy atom. The van der Waals surface area contributed by atoms with Crippen LogP contribution < -0.4 is 10.1 Å². The molecule has 0 radical (unpaired) electrons. The minimum atomic E-state index is -0.287. The lowest BCUT2D eigenvalue weighted by molar-refractivity contribution is 0.0998. The monoisotopic (exact) mass is 321 g/mol. The Morgan fingerprint density at radius 2 is 2.12 bits per heavy atom. The van der Waals surface area contributed by atoms with Crippen LogP contribution in [-0.2, 0) is 0 Å². The molecule has 0 aliphatic rings. The van der Waals surface area contributed by atoms with Gasteiger partial charge in [-0.25, -0.2) is 0 Å². The van der Waals surface area contributed by atoms with Gasteiger partial charge in [0, 0.05) is 22.0 Å². The van der Waals surface area contributed by atoms with Crippen LogP contribution in [0.25, 0.3) is 21.9 Å². The smallest absolute Gasteiger partial charge is 0.291 e. The average molecular weight is 321 g/mol. The highest BCUT2D eigenvalue weighted by Gasteiger charge is 2.18. The Morgan fingerprint density at radius 3 is 2.96 bits per heavy atom. The molecule has 0 aliphatic heterocycles. The SMILES string of the molecule is COc1ccc2oc(C(=O)Nc3ccc4[nH]ncc4c3)c(C)c2c1. The number of rotatable bonds is 3. The zero-order valence-electron chi connectivity index (χ0n) is 13.2. The summed E-state index contributed by atoms with van der Waals surface area (Å²) in [6, 6.07) is 11.0. The van der Waals surface area contributed by atoms with E-state index in [0.29, 0.717) is 17.0 Å². The molecule has 6 nitrogen and oxygen atoms in total. The molecule has 0 aliphatic carbocycles. The fraction of sp³-hybridized carbons (Fsp3) is 0.111. The van der Waals surface area contributed by atoms with Gasteiger partial charge in [0.25, 0.3) is 5.91 Å². The van der Waals surface area contributed by atoms with Crippen LogP contribution in [-0.4, -0.2) is 23.2 Å². The molecule has 0 bridgehead atoms. The molecule has 2 heterocycles. The molecule has 0 atom stereocenters. The van der Waals surface area contributed by atoms with Crippen LogP contribution in [0.1, 0.15) is 16.1 Å². The van der Waals surface area contributed by atoms with Crippen molar-refractivity contribution in [3.05, 3.63) is 53.9 Å². The summed E-state index contributed by atoms with van der Waals surface area (Å²) >= 11 is 0. The maximum absolute atomic E-state index is 12.6. The summed E-state index contributed by atoms with van der Waals surface area (Å²) in [6.07, 6.45) is 1.71. The molecule has 1 amide bonds. The normalized spacial score (nSPS) is 11.1. The molecule has 4 rings (SSSR count). The maximum atomic E-state index is 12.6. The van der Waals surface area contributed by atoms with Crippen molar-refractivity contribution in [1.82, 2.24) is 10.2 Å². The highest BCUT2D eigenvalue weighted by molar-refractivity contribution is 6.07. The van der Waals surface area contributed by atoms with Gasteiger partial charge in [-0.1, -0.05) is 0 Å². The number of carbonyl (C=O) groups excluding carboxylic acids is 1. The quantitative estimate of drug-likeness (QED) is 0.600. The summed E-state index contributed by atoms with van der Waals surface area (Å²) in [7, 11) is 1.61. The minimum Gasteiger partial charge on any atom is -0.497 e. The molecule has 24 heavy (non-hydrogen) atoms. The predicted octanol–water partition coefficient (Wildman–Crippen LogP) is 3.88. The molecule has 0 fully saturated rings. The largest absolute Gasteiger partial charge is 0.497 e. The lowest BCUT2D eigenvalue weighted by atomic mass is 10.1. The number of H-pyrrole nitrogens is 1. The summed E-state index contributed by atoms with van der Waals surface area (Å²) in [5.41, 5.74) is 3.04. The van der Waals surface area contributed by atoms with E-state index >= 15 is 0 Å². The molecule has 2 N–H and O–H groups in total. The van der Waals surface area contributed by atoms with Crippen LogP contribution in [0.4, 0.5) is 5.69 Å². The number of methoxy groups -OCH3 is 1. The van der Waals surface area contributed by atoms with E-state index in [4.69, 9.17) is 9.15 Å². The number of ether oxygens (including phenoxy) is 1. The molecule has 0 saturated heterocycles. The van der Waals surface area contributed by atoms with Gasteiger partial charge in [-0.3, -0.25) is 9.89 Å². The van der Waals surface area contributed by atoms with E-state index in [-0.39, 0.29) is 5.91 Å². The molecule has 2 aromatic heterocycles. The number of aromatic amines is 1. The number of nitrogens with one attached hydrogen (secondary N) is 2. The van der Waals surface area contributed by atoms with Gasteiger partial charge in [-0.2, -0.15) is 5.10 Å². The number of carbonyl (C=O) groups is 1. The number of furan rings is 1. The summed E-state index contributed by atoms with van der Waals surface area (Å²) in [5.74, 6) is 0.736. The maximum Gasteiger partial charge on any atom is 0.291 e. The van der Waals surface area contributed by atoms with E-state index in [1.807, 2.05) is 31.2 Å². The lowest BCUT2D eigenvalue weighted by Crippen LogP contribution is -2.11. The van der Waals surface area contributed by atoms with Gasteiger partial charge < -0.3 is 14.5 Å². The summed E-state index contributed by atoms with van der Waals surface area (Å²) in [6.45, 7) is 1.86. The Labute approximate surface area is 137 Å². The van der Waals surface area contributed by atoms with Crippen molar-refractivity contribution in [1.29, 1.82) is 0 Å². The molecule has 0 saturated carbocycles. The van der Waals surface area contributed by atoms with Crippen molar-refractivity contribution < 1.29 is 13.9 Å². The predicted molar refractivity (Wildman–Crippen MR) is 91.5 cm³/mol. The molecule has 6 heteroatoms. The van der Waals surface area contributed by atoms with Gasteiger partial charge in [-0.05, 0) is 43.3 Å². The second-order valence-electron chi connectivity index (χ2n) is 5.54. The third-order valence-electron chi connectivity index (χ3n) is 4.05. The van der Waals surface area contributed by atoms with E-state index in [0.717, 1.165) is 27.6 Å². The number of aryl methyl sites for hydroxylation is 1. The lowest BCUT2D eigenvalue weighted by Gasteiger charge is -2.04. The number of hydrogen-bond donors (Lipinski definition) is 2. The number of hydrogen-bond acceptors (Lipinski definition) is 4. The molecule has 2 aromatic carbocycles. The Bertz CT molecular complexity index is 1060. The first-order chi connectivity index (χ1) is 11.7. The van der Waals surface area contributed by atoms with Crippen LogP contribution in [0.5, 0.6) is 5.75 Å². The first kappa shape index (κ1) is 14.3. The first-order valence-corrected chi connectivity index (χ1v) is 7.47. The van der Waals surface area contributed by atoms with Crippen LogP contribution in [0.2, 0.25) is 0 Å². The molecule has 4 aromatic rings. The molecule has 120 valence electrons. The van der Waals surface area contributed by atoms with E-state index in [1.54, 1.807) is 25.4 Å². The van der Waals surface area contributed by atoms with Crippen molar-refractivity contribution in [2.45, 2.75) is 6.92 Å². The highest BCUT2D eigenvalue weighted by Crippen LogP contribution is 2.29. The second-order valence-corrected chi connectivity index (χ2v) is 5.54. The Kier molecular flexibility index (Phi) is 3.23. The number of amides is 1. The fourth-order valence-corrected chi connectivity index (χ4v) is 2.75. The summed E-state index contributed by atoms with van der Waals surface area (Å²) in [5, 5.41) is 11.5. The number of benzene rings is 2. The highest BCUT2D eigenvalue weighted by atomic mass is 16.5. The first-order valence-electron chi connectivity index (χ1n) is 7.47. The van der Waals surface area contributed by atoms with Crippen molar-refractivity contribution in [3.8, 4) is 5.75 Å². The minimum absolute atomic E-state index is 0.287. The molecule has 0 unspecified atom stereocenters. The van der Waals surface area contributed by atoms with E-state index < -0.39 is 0 Å². The number of nitrogens with zero attached hydrogens (tertiary/aromatic N) is 1. The Balaban J connectivity index is 1.68. The average Bonchev–Trinajstić information content (AvgIpc) is 3.18. The van der Waals surface area contributed by atoms with Crippen molar-refractivity contribution in [3.63, 3.8) is 0 Å². The van der Waals surface area contributed by atoms with Crippen molar-refractivity contribution in [2.24, 2.45) is 0 Å². The topological polar surface area (TPSA) is 80.1 Å². The third-order valence-corrected chi connectivity index (χ3v) is 4.05. The van der Waals surface area contributed by atoms with Crippen molar-refractivity contribution in [2.75, 3.05) is 12.4 Å². The second kappa shape index (κ2) is 5.42. The zero-order valence-corrected chi connectivity index (χ0v) is 13.2. The zero-order chi connectivity index (χ0) is 16.7. The molecule has 0 spiro atoms. The van der Waals surface area contributed by atoms with Gasteiger partial charge in [0.05, 0.1) is 18.8 Å². The van der Waals surface area contributed by atoms with Crippen LogP contribution in [0.15, 0.2) is 47.0 Å². The van der Waals surface area contributed by atoms with E-state index in [1.165, 1.54) is 0 Å². The van der Waals surface area contributed by atoms with Crippen LogP contribution >= 0.6 is 0 Å². The van der Waals surface area contributed by atoms with E-state index in [2.05, 4.69) is 15.5 Å². The third kappa shape index (κ3) is 2.28. The van der Waals surface area contributed by atoms with Gasteiger partial charge in [0.15, 0.2) is 5.76 Å². The number of aromatic nitrogens is 2. The summed E-state index contributed by atoms with van der Waals surface area (Å²) < 4.78 is 10.9. The number of fused-ring (bicyclic) bond motifs is 2. The Hall–Kier alpha value is -3.28. The molecular weight excluding hydrogens is 306 g/mol. The standard InChI is InChI=1S/C18H15N3O3/c1-10-14-8-13(23-2)4-6-16(14)24-17(10)18(22)20-12-3-5-15-11(7-12)9-19-21-15/h3-9H,1-2H3,(H,19,21)(H,20,22). The van der Waals surface area contributed by atoms with Gasteiger partial charge in [0.1, 0.15) is 11.3 Å². The number of anilines is 1. The van der Waals surface area contributed by atoms with Crippen molar-refractivity contribution >= 4 is 33.5 Å².